The lowest BCUT2D eigenvalue weighted by Crippen LogP contribution is -2.23. The molecule has 0 radical (unpaired) electrons. The van der Waals surface area contributed by atoms with E-state index in [0.29, 0.717) is 24.5 Å². The Hall–Kier alpha value is -4.20. The molecule has 36 heavy (non-hydrogen) atoms. The standard InChI is InChI=1S/C26H27N5O3.C2H6/c1-16-10-22-21(8-9-28-25(22)27)17(2)23(16)13-29-26(33)20-12-30-31(15-20)14-19-6-4-18(5-7-19)11-24(32)34-3;1-2/h4-10,12,15H,11,13-14H2,1-3H3,(H2,27,28)(H,29,33);1-2H3. The molecule has 4 aromatic rings. The van der Waals surface area contributed by atoms with Crippen LogP contribution in [0.3, 0.4) is 0 Å². The molecule has 0 fully saturated rings. The monoisotopic (exact) mass is 487 g/mol. The van der Waals surface area contributed by atoms with Crippen molar-refractivity contribution in [1.82, 2.24) is 20.1 Å². The van der Waals surface area contributed by atoms with Gasteiger partial charge in [0.1, 0.15) is 5.82 Å². The van der Waals surface area contributed by atoms with Crippen LogP contribution in [0.5, 0.6) is 0 Å². The number of aryl methyl sites for hydroxylation is 2. The number of carbonyl (C=O) groups is 2. The molecular formula is C28H33N5O3. The van der Waals surface area contributed by atoms with Gasteiger partial charge in [0.15, 0.2) is 0 Å². The number of fused-ring (bicyclic) bond motifs is 1. The lowest BCUT2D eigenvalue weighted by molar-refractivity contribution is -0.139. The number of nitrogens with one attached hydrogen (secondary N) is 1. The van der Waals surface area contributed by atoms with Crippen LogP contribution in [-0.4, -0.2) is 33.8 Å². The summed E-state index contributed by atoms with van der Waals surface area (Å²) in [5, 5.41) is 9.28. The molecule has 3 N–H and O–H groups in total. The van der Waals surface area contributed by atoms with E-state index < -0.39 is 0 Å². The second-order valence-electron chi connectivity index (χ2n) is 8.27. The molecule has 0 aliphatic carbocycles. The van der Waals surface area contributed by atoms with Crippen molar-refractivity contribution in [3.8, 4) is 0 Å². The molecule has 8 nitrogen and oxygen atoms in total. The molecule has 0 unspecified atom stereocenters. The van der Waals surface area contributed by atoms with Gasteiger partial charge in [-0.2, -0.15) is 5.10 Å². The number of hydrogen-bond acceptors (Lipinski definition) is 6. The Labute approximate surface area is 211 Å². The molecule has 0 saturated heterocycles. The summed E-state index contributed by atoms with van der Waals surface area (Å²) in [7, 11) is 1.38. The second-order valence-corrected chi connectivity index (χ2v) is 8.27. The molecule has 0 spiro atoms. The fourth-order valence-electron chi connectivity index (χ4n) is 4.03. The summed E-state index contributed by atoms with van der Waals surface area (Å²) < 4.78 is 6.41. The predicted molar refractivity (Wildman–Crippen MR) is 142 cm³/mol. The van der Waals surface area contributed by atoms with Gasteiger partial charge in [-0.25, -0.2) is 4.98 Å². The quantitative estimate of drug-likeness (QED) is 0.375. The van der Waals surface area contributed by atoms with Crippen molar-refractivity contribution in [2.24, 2.45) is 0 Å². The molecule has 4 rings (SSSR count). The fourth-order valence-corrected chi connectivity index (χ4v) is 4.03. The molecule has 188 valence electrons. The van der Waals surface area contributed by atoms with Crippen molar-refractivity contribution in [2.45, 2.75) is 47.2 Å². The summed E-state index contributed by atoms with van der Waals surface area (Å²) in [5.74, 6) is 0.0447. The Morgan fingerprint density at radius 2 is 1.75 bits per heavy atom. The van der Waals surface area contributed by atoms with Gasteiger partial charge in [-0.05, 0) is 59.2 Å². The van der Waals surface area contributed by atoms with E-state index in [1.165, 1.54) is 7.11 Å². The molecule has 2 aromatic heterocycles. The Balaban J connectivity index is 0.00000176. The zero-order chi connectivity index (χ0) is 26.2. The number of ether oxygens (including phenoxy) is 1. The summed E-state index contributed by atoms with van der Waals surface area (Å²) >= 11 is 0. The van der Waals surface area contributed by atoms with E-state index in [1.807, 2.05) is 64.1 Å². The van der Waals surface area contributed by atoms with Crippen LogP contribution in [0.2, 0.25) is 0 Å². The van der Waals surface area contributed by atoms with Gasteiger partial charge in [-0.15, -0.1) is 0 Å². The number of rotatable bonds is 7. The summed E-state index contributed by atoms with van der Waals surface area (Å²) in [6, 6.07) is 11.6. The van der Waals surface area contributed by atoms with Gasteiger partial charge >= 0.3 is 5.97 Å². The van der Waals surface area contributed by atoms with E-state index in [2.05, 4.69) is 15.4 Å². The van der Waals surface area contributed by atoms with Crippen molar-refractivity contribution in [2.75, 3.05) is 12.8 Å². The van der Waals surface area contributed by atoms with E-state index in [0.717, 1.165) is 38.6 Å². The fraction of sp³-hybridized carbons (Fsp3) is 0.286. The van der Waals surface area contributed by atoms with Crippen LogP contribution < -0.4 is 11.1 Å². The van der Waals surface area contributed by atoms with E-state index in [9.17, 15) is 9.59 Å². The molecule has 0 aliphatic rings. The van der Waals surface area contributed by atoms with E-state index in [1.54, 1.807) is 23.3 Å². The average molecular weight is 488 g/mol. The number of nitrogens with zero attached hydrogens (tertiary/aromatic N) is 3. The summed E-state index contributed by atoms with van der Waals surface area (Å²) in [5.41, 5.74) is 11.6. The first-order chi connectivity index (χ1) is 17.4. The van der Waals surface area contributed by atoms with Gasteiger partial charge in [0, 0.05) is 24.3 Å². The number of amides is 1. The summed E-state index contributed by atoms with van der Waals surface area (Å²) in [4.78, 5) is 28.3. The van der Waals surface area contributed by atoms with Crippen LogP contribution in [0.1, 0.15) is 52.0 Å². The molecule has 0 saturated carbocycles. The van der Waals surface area contributed by atoms with Crippen LogP contribution in [0.15, 0.2) is 55.0 Å². The van der Waals surface area contributed by atoms with Gasteiger partial charge in [0.25, 0.3) is 5.91 Å². The molecular weight excluding hydrogens is 454 g/mol. The molecule has 0 bridgehead atoms. The van der Waals surface area contributed by atoms with E-state index in [4.69, 9.17) is 10.5 Å². The SMILES string of the molecule is CC.COC(=O)Cc1ccc(Cn2cc(C(=O)NCc3c(C)cc4c(N)nccc4c3C)cn2)cc1. The first-order valence-corrected chi connectivity index (χ1v) is 11.9. The Bertz CT molecular complexity index is 1360. The smallest absolute Gasteiger partial charge is 0.309 e. The van der Waals surface area contributed by atoms with Gasteiger partial charge in [-0.1, -0.05) is 38.1 Å². The van der Waals surface area contributed by atoms with Crippen molar-refractivity contribution in [1.29, 1.82) is 0 Å². The maximum Gasteiger partial charge on any atom is 0.309 e. The number of anilines is 1. The van der Waals surface area contributed by atoms with Crippen LogP contribution in [0.25, 0.3) is 10.8 Å². The zero-order valence-corrected chi connectivity index (χ0v) is 21.5. The Morgan fingerprint density at radius 3 is 2.44 bits per heavy atom. The molecule has 2 aromatic carbocycles. The topological polar surface area (TPSA) is 112 Å². The Kier molecular flexibility index (Phi) is 8.78. The normalized spacial score (nSPS) is 10.5. The molecule has 0 atom stereocenters. The van der Waals surface area contributed by atoms with Crippen molar-refractivity contribution in [3.05, 3.63) is 88.4 Å². The van der Waals surface area contributed by atoms with Crippen LogP contribution in [0.4, 0.5) is 5.82 Å². The highest BCUT2D eigenvalue weighted by Crippen LogP contribution is 2.27. The number of benzene rings is 2. The summed E-state index contributed by atoms with van der Waals surface area (Å²) in [6.07, 6.45) is 5.23. The van der Waals surface area contributed by atoms with Gasteiger partial charge < -0.3 is 15.8 Å². The first-order valence-electron chi connectivity index (χ1n) is 11.9. The number of aromatic nitrogens is 3. The van der Waals surface area contributed by atoms with Gasteiger partial charge in [0.05, 0.1) is 31.8 Å². The van der Waals surface area contributed by atoms with Crippen molar-refractivity contribution >= 4 is 28.5 Å². The third-order valence-corrected chi connectivity index (χ3v) is 5.98. The van der Waals surface area contributed by atoms with Crippen LogP contribution in [-0.2, 0) is 29.0 Å². The molecule has 2 heterocycles. The number of hydrogen-bond donors (Lipinski definition) is 2. The zero-order valence-electron chi connectivity index (χ0n) is 21.5. The van der Waals surface area contributed by atoms with Gasteiger partial charge in [0.2, 0.25) is 0 Å². The van der Waals surface area contributed by atoms with Crippen molar-refractivity contribution in [3.63, 3.8) is 0 Å². The van der Waals surface area contributed by atoms with Gasteiger partial charge in [-0.3, -0.25) is 14.3 Å². The Morgan fingerprint density at radius 1 is 1.06 bits per heavy atom. The number of methoxy groups -OCH3 is 1. The maximum atomic E-state index is 12.8. The highest BCUT2D eigenvalue weighted by molar-refractivity contribution is 5.95. The number of carbonyl (C=O) groups excluding carboxylic acids is 2. The third-order valence-electron chi connectivity index (χ3n) is 5.98. The lowest BCUT2D eigenvalue weighted by Gasteiger charge is -2.14. The largest absolute Gasteiger partial charge is 0.469 e. The van der Waals surface area contributed by atoms with Crippen LogP contribution >= 0.6 is 0 Å². The van der Waals surface area contributed by atoms with Crippen molar-refractivity contribution < 1.29 is 14.3 Å². The van der Waals surface area contributed by atoms with E-state index >= 15 is 0 Å². The van der Waals surface area contributed by atoms with Crippen LogP contribution in [0, 0.1) is 13.8 Å². The average Bonchev–Trinajstić information content (AvgIpc) is 3.35. The number of esters is 1. The first kappa shape index (κ1) is 26.4. The third kappa shape index (κ3) is 6.07. The van der Waals surface area contributed by atoms with E-state index in [-0.39, 0.29) is 18.3 Å². The maximum absolute atomic E-state index is 12.8. The lowest BCUT2D eigenvalue weighted by atomic mass is 9.96. The predicted octanol–water partition coefficient (Wildman–Crippen LogP) is 4.35. The minimum Gasteiger partial charge on any atom is -0.469 e. The highest BCUT2D eigenvalue weighted by atomic mass is 16.5. The number of pyridine rings is 1. The molecule has 0 aliphatic heterocycles. The highest BCUT2D eigenvalue weighted by Gasteiger charge is 2.13. The minimum absolute atomic E-state index is 0.187. The second kappa shape index (κ2) is 12.0. The minimum atomic E-state index is -0.273. The number of nitrogens with two attached hydrogens (primary N) is 1. The molecule has 8 heteroatoms. The molecule has 1 amide bonds. The number of nitrogen functional groups attached to an aromatic ring is 1. The summed E-state index contributed by atoms with van der Waals surface area (Å²) in [6.45, 7) is 8.96.